The van der Waals surface area contributed by atoms with Crippen molar-refractivity contribution >= 4 is 62.3 Å². The molecule has 3 aromatic rings. The smallest absolute Gasteiger partial charge is 0.264 e. The molecule has 1 atom stereocenters. The van der Waals surface area contributed by atoms with E-state index in [1.165, 1.54) is 29.2 Å². The first kappa shape index (κ1) is 31.7. The second kappa shape index (κ2) is 13.7. The molecule has 0 radical (unpaired) electrons. The van der Waals surface area contributed by atoms with Crippen LogP contribution >= 0.6 is 34.8 Å². The molecule has 11 heteroatoms. The highest BCUT2D eigenvalue weighted by molar-refractivity contribution is 7.92. The molecule has 214 valence electrons. The van der Waals surface area contributed by atoms with E-state index in [-0.39, 0.29) is 23.3 Å². The largest absolute Gasteiger partial charge is 0.354 e. The highest BCUT2D eigenvalue weighted by atomic mass is 35.5. The summed E-state index contributed by atoms with van der Waals surface area (Å²) < 4.78 is 28.7. The Bertz CT molecular complexity index is 1440. The van der Waals surface area contributed by atoms with Gasteiger partial charge < -0.3 is 10.2 Å². The molecule has 40 heavy (non-hydrogen) atoms. The van der Waals surface area contributed by atoms with Gasteiger partial charge in [0.2, 0.25) is 11.8 Å². The van der Waals surface area contributed by atoms with Crippen LogP contribution in [0.2, 0.25) is 15.1 Å². The van der Waals surface area contributed by atoms with Crippen LogP contribution < -0.4 is 9.62 Å². The molecule has 0 fully saturated rings. The van der Waals surface area contributed by atoms with Crippen molar-refractivity contribution in [3.63, 3.8) is 0 Å². The molecule has 7 nitrogen and oxygen atoms in total. The SMILES string of the molecule is Cc1cccc(N(CC(=O)N(Cc2c(Cl)cccc2Cl)[C@@H](C)C(=O)NCC(C)C)S(=O)(=O)c2ccc(Cl)cc2)c1. The van der Waals surface area contributed by atoms with Crippen molar-refractivity contribution in [2.45, 2.75) is 45.2 Å². The van der Waals surface area contributed by atoms with Gasteiger partial charge in [0, 0.05) is 33.7 Å². The van der Waals surface area contributed by atoms with Crippen molar-refractivity contribution in [2.75, 3.05) is 17.4 Å². The lowest BCUT2D eigenvalue weighted by atomic mass is 10.1. The number of amides is 2. The Morgan fingerprint density at radius 1 is 0.900 bits per heavy atom. The molecule has 0 heterocycles. The molecule has 0 saturated carbocycles. The minimum absolute atomic E-state index is 0.0328. The fourth-order valence-electron chi connectivity index (χ4n) is 3.93. The van der Waals surface area contributed by atoms with Gasteiger partial charge in [-0.1, -0.05) is 66.8 Å². The summed E-state index contributed by atoms with van der Waals surface area (Å²) in [7, 11) is -4.20. The quantitative estimate of drug-likeness (QED) is 0.270. The fourth-order valence-corrected chi connectivity index (χ4v) is 5.98. The predicted molar refractivity (Wildman–Crippen MR) is 161 cm³/mol. The third kappa shape index (κ3) is 7.91. The molecule has 0 spiro atoms. The summed E-state index contributed by atoms with van der Waals surface area (Å²) in [5.74, 6) is -0.797. The van der Waals surface area contributed by atoms with Gasteiger partial charge in [0.05, 0.1) is 10.6 Å². The van der Waals surface area contributed by atoms with Gasteiger partial charge in [0.25, 0.3) is 10.0 Å². The molecule has 0 aliphatic heterocycles. The Morgan fingerprint density at radius 3 is 2.08 bits per heavy atom. The van der Waals surface area contributed by atoms with Gasteiger partial charge in [-0.25, -0.2) is 8.42 Å². The topological polar surface area (TPSA) is 86.8 Å². The molecule has 0 saturated heterocycles. The average molecular weight is 625 g/mol. The van der Waals surface area contributed by atoms with Crippen LogP contribution in [-0.4, -0.2) is 44.3 Å². The second-order valence-corrected chi connectivity index (χ2v) is 13.0. The first-order chi connectivity index (χ1) is 18.8. The lowest BCUT2D eigenvalue weighted by Gasteiger charge is -2.32. The van der Waals surface area contributed by atoms with E-state index in [2.05, 4.69) is 5.32 Å². The van der Waals surface area contributed by atoms with Crippen molar-refractivity contribution in [1.29, 1.82) is 0 Å². The van der Waals surface area contributed by atoms with Crippen molar-refractivity contribution in [3.8, 4) is 0 Å². The van der Waals surface area contributed by atoms with E-state index >= 15 is 0 Å². The number of aryl methyl sites for hydroxylation is 1. The number of sulfonamides is 1. The zero-order valence-electron chi connectivity index (χ0n) is 22.7. The van der Waals surface area contributed by atoms with E-state index in [0.717, 1.165) is 9.87 Å². The maximum atomic E-state index is 14.0. The van der Waals surface area contributed by atoms with Crippen molar-refractivity contribution in [3.05, 3.63) is 92.9 Å². The lowest BCUT2D eigenvalue weighted by Crippen LogP contribution is -2.51. The summed E-state index contributed by atoms with van der Waals surface area (Å²) in [4.78, 5) is 28.3. The van der Waals surface area contributed by atoms with Crippen molar-refractivity contribution in [2.24, 2.45) is 5.92 Å². The third-order valence-corrected chi connectivity index (χ3v) is 8.96. The summed E-state index contributed by atoms with van der Waals surface area (Å²) in [5.41, 5.74) is 1.56. The van der Waals surface area contributed by atoms with Crippen LogP contribution in [0.4, 0.5) is 5.69 Å². The molecule has 0 aliphatic carbocycles. The summed E-state index contributed by atoms with van der Waals surface area (Å²) >= 11 is 18.8. The number of rotatable bonds is 11. The number of halogens is 3. The van der Waals surface area contributed by atoms with E-state index in [1.54, 1.807) is 43.3 Å². The van der Waals surface area contributed by atoms with Crippen LogP contribution in [0.3, 0.4) is 0 Å². The van der Waals surface area contributed by atoms with E-state index in [4.69, 9.17) is 34.8 Å². The zero-order valence-corrected chi connectivity index (χ0v) is 25.8. The molecule has 2 amide bonds. The zero-order chi connectivity index (χ0) is 29.6. The van der Waals surface area contributed by atoms with Crippen LogP contribution in [-0.2, 0) is 26.2 Å². The Hall–Kier alpha value is -2.78. The normalized spacial score (nSPS) is 12.2. The van der Waals surface area contributed by atoms with Crippen LogP contribution in [0.25, 0.3) is 0 Å². The Kier molecular flexibility index (Phi) is 10.9. The van der Waals surface area contributed by atoms with Crippen LogP contribution in [0.1, 0.15) is 31.9 Å². The van der Waals surface area contributed by atoms with Gasteiger partial charge in [-0.3, -0.25) is 13.9 Å². The van der Waals surface area contributed by atoms with Gasteiger partial charge >= 0.3 is 0 Å². The average Bonchev–Trinajstić information content (AvgIpc) is 2.89. The molecular formula is C29H32Cl3N3O4S. The Balaban J connectivity index is 2.05. The van der Waals surface area contributed by atoms with Gasteiger partial charge in [0.15, 0.2) is 0 Å². The number of hydrogen-bond acceptors (Lipinski definition) is 4. The van der Waals surface area contributed by atoms with Gasteiger partial charge in [-0.15, -0.1) is 0 Å². The number of carbonyl (C=O) groups is 2. The lowest BCUT2D eigenvalue weighted by molar-refractivity contribution is -0.139. The number of hydrogen-bond donors (Lipinski definition) is 1. The monoisotopic (exact) mass is 623 g/mol. The summed E-state index contributed by atoms with van der Waals surface area (Å²) in [6.07, 6.45) is 0. The molecule has 3 rings (SSSR count). The first-order valence-electron chi connectivity index (χ1n) is 12.7. The van der Waals surface area contributed by atoms with Crippen LogP contribution in [0.5, 0.6) is 0 Å². The summed E-state index contributed by atoms with van der Waals surface area (Å²) in [6, 6.07) is 16.5. The van der Waals surface area contributed by atoms with Crippen LogP contribution in [0.15, 0.2) is 71.6 Å². The van der Waals surface area contributed by atoms with Crippen molar-refractivity contribution < 1.29 is 18.0 Å². The van der Waals surface area contributed by atoms with Gasteiger partial charge in [-0.2, -0.15) is 0 Å². The molecule has 0 unspecified atom stereocenters. The van der Waals surface area contributed by atoms with E-state index in [9.17, 15) is 18.0 Å². The number of nitrogens with zero attached hydrogens (tertiary/aromatic N) is 2. The van der Waals surface area contributed by atoms with Crippen molar-refractivity contribution in [1.82, 2.24) is 10.2 Å². The Morgan fingerprint density at radius 2 is 1.50 bits per heavy atom. The number of nitrogens with one attached hydrogen (secondary N) is 1. The standard InChI is InChI=1S/C29H32Cl3N3O4S/c1-19(2)16-33-29(37)21(4)34(17-25-26(31)9-6-10-27(25)32)28(36)18-35(23-8-5-7-20(3)15-23)40(38,39)24-13-11-22(30)12-14-24/h5-15,19,21H,16-18H2,1-4H3,(H,33,37)/t21-/m0/s1. The molecule has 1 N–H and O–H groups in total. The molecule has 0 aliphatic rings. The molecular weight excluding hydrogens is 593 g/mol. The maximum Gasteiger partial charge on any atom is 0.264 e. The van der Waals surface area contributed by atoms with Gasteiger partial charge in [-0.05, 0) is 73.9 Å². The highest BCUT2D eigenvalue weighted by Gasteiger charge is 2.33. The van der Waals surface area contributed by atoms with E-state index in [1.807, 2.05) is 26.8 Å². The number of anilines is 1. The summed E-state index contributed by atoms with van der Waals surface area (Å²) in [6.45, 7) is 7.07. The summed E-state index contributed by atoms with van der Waals surface area (Å²) in [5, 5.41) is 3.87. The fraction of sp³-hybridized carbons (Fsp3) is 0.310. The van der Waals surface area contributed by atoms with E-state index in [0.29, 0.717) is 32.9 Å². The minimum Gasteiger partial charge on any atom is -0.354 e. The first-order valence-corrected chi connectivity index (χ1v) is 15.2. The minimum atomic E-state index is -4.20. The predicted octanol–water partition coefficient (Wildman–Crippen LogP) is 6.34. The number of carbonyl (C=O) groups excluding carboxylic acids is 2. The van der Waals surface area contributed by atoms with E-state index < -0.39 is 28.5 Å². The molecule has 0 bridgehead atoms. The maximum absolute atomic E-state index is 14.0. The molecule has 0 aromatic heterocycles. The van der Waals surface area contributed by atoms with Gasteiger partial charge in [0.1, 0.15) is 12.6 Å². The number of benzene rings is 3. The Labute approximate surface area is 251 Å². The third-order valence-electron chi connectivity index (χ3n) is 6.21. The highest BCUT2D eigenvalue weighted by Crippen LogP contribution is 2.29. The van der Waals surface area contributed by atoms with Crippen LogP contribution in [0, 0.1) is 12.8 Å². The molecule has 3 aromatic carbocycles. The second-order valence-electron chi connectivity index (χ2n) is 9.84.